The van der Waals surface area contributed by atoms with Gasteiger partial charge in [-0.25, -0.2) is 4.98 Å². The van der Waals surface area contributed by atoms with E-state index >= 15 is 0 Å². The molecular formula is C13H17N3O. The highest BCUT2D eigenvalue weighted by Crippen LogP contribution is 2.06. The maximum Gasteiger partial charge on any atom is 0.269 e. The summed E-state index contributed by atoms with van der Waals surface area (Å²) in [6, 6.07) is 5.13. The van der Waals surface area contributed by atoms with Crippen LogP contribution in [0.25, 0.3) is 0 Å². The Morgan fingerprint density at radius 2 is 2.18 bits per heavy atom. The van der Waals surface area contributed by atoms with Crippen LogP contribution < -0.4 is 5.32 Å². The van der Waals surface area contributed by atoms with Crippen LogP contribution in [0.4, 0.5) is 0 Å². The van der Waals surface area contributed by atoms with Gasteiger partial charge in [0.15, 0.2) is 0 Å². The van der Waals surface area contributed by atoms with E-state index in [4.69, 9.17) is 5.26 Å². The molecule has 0 saturated carbocycles. The number of rotatable bonds is 5. The van der Waals surface area contributed by atoms with Gasteiger partial charge in [0.25, 0.3) is 5.91 Å². The number of amides is 1. The summed E-state index contributed by atoms with van der Waals surface area (Å²) in [6.07, 6.45) is 3.52. The van der Waals surface area contributed by atoms with E-state index in [1.54, 1.807) is 12.1 Å². The average Bonchev–Trinajstić information content (AvgIpc) is 2.39. The number of pyridine rings is 1. The summed E-state index contributed by atoms with van der Waals surface area (Å²) in [4.78, 5) is 15.7. The Hall–Kier alpha value is -1.89. The molecule has 4 nitrogen and oxygen atoms in total. The normalized spacial score (nSPS) is 10.0. The van der Waals surface area contributed by atoms with Crippen LogP contribution >= 0.6 is 0 Å². The molecule has 0 aromatic carbocycles. The van der Waals surface area contributed by atoms with E-state index in [1.807, 2.05) is 6.07 Å². The van der Waals surface area contributed by atoms with Gasteiger partial charge in [0.05, 0.1) is 5.56 Å². The molecule has 0 radical (unpaired) electrons. The molecule has 0 aliphatic carbocycles. The van der Waals surface area contributed by atoms with Crippen LogP contribution in [0.2, 0.25) is 0 Å². The maximum atomic E-state index is 11.7. The second-order valence-corrected chi connectivity index (χ2v) is 3.94. The quantitative estimate of drug-likeness (QED) is 0.844. The van der Waals surface area contributed by atoms with Gasteiger partial charge in [-0.3, -0.25) is 4.79 Å². The molecule has 0 spiro atoms. The topological polar surface area (TPSA) is 65.8 Å². The molecule has 1 aromatic heterocycles. The van der Waals surface area contributed by atoms with Crippen molar-refractivity contribution in [3.05, 3.63) is 29.6 Å². The third kappa shape index (κ3) is 3.87. The van der Waals surface area contributed by atoms with E-state index in [-0.39, 0.29) is 5.91 Å². The van der Waals surface area contributed by atoms with Gasteiger partial charge in [0, 0.05) is 12.7 Å². The fourth-order valence-electron chi connectivity index (χ4n) is 1.50. The zero-order valence-corrected chi connectivity index (χ0v) is 10.2. The fraction of sp³-hybridized carbons (Fsp3) is 0.462. The summed E-state index contributed by atoms with van der Waals surface area (Å²) in [6.45, 7) is 4.90. The first kappa shape index (κ1) is 13.2. The smallest absolute Gasteiger partial charge is 0.269 e. The van der Waals surface area contributed by atoms with Crippen molar-refractivity contribution in [3.8, 4) is 6.07 Å². The van der Waals surface area contributed by atoms with Crippen LogP contribution in [-0.2, 0) is 0 Å². The molecular weight excluding hydrogens is 214 g/mol. The van der Waals surface area contributed by atoms with Gasteiger partial charge in [-0.1, -0.05) is 26.7 Å². The Kier molecular flexibility index (Phi) is 5.15. The second-order valence-electron chi connectivity index (χ2n) is 3.94. The number of hydrogen-bond acceptors (Lipinski definition) is 3. The van der Waals surface area contributed by atoms with Crippen LogP contribution in [0.5, 0.6) is 0 Å². The summed E-state index contributed by atoms with van der Waals surface area (Å²) in [7, 11) is 0. The van der Waals surface area contributed by atoms with E-state index in [0.717, 1.165) is 12.8 Å². The maximum absolute atomic E-state index is 11.7. The highest BCUT2D eigenvalue weighted by molar-refractivity contribution is 5.92. The van der Waals surface area contributed by atoms with E-state index in [1.165, 1.54) is 6.20 Å². The Balaban J connectivity index is 2.55. The largest absolute Gasteiger partial charge is 0.350 e. The number of nitrogens with zero attached hydrogens (tertiary/aromatic N) is 2. The third-order valence-electron chi connectivity index (χ3n) is 2.83. The third-order valence-corrected chi connectivity index (χ3v) is 2.83. The van der Waals surface area contributed by atoms with Crippen molar-refractivity contribution in [2.24, 2.45) is 5.92 Å². The van der Waals surface area contributed by atoms with Gasteiger partial charge in [-0.05, 0) is 18.1 Å². The summed E-state index contributed by atoms with van der Waals surface area (Å²) in [5.41, 5.74) is 0.816. The van der Waals surface area contributed by atoms with Gasteiger partial charge >= 0.3 is 0 Å². The van der Waals surface area contributed by atoms with Gasteiger partial charge in [0.1, 0.15) is 11.8 Å². The average molecular weight is 231 g/mol. The van der Waals surface area contributed by atoms with Gasteiger partial charge < -0.3 is 5.32 Å². The molecule has 0 fully saturated rings. The molecule has 0 unspecified atom stereocenters. The van der Waals surface area contributed by atoms with Crippen molar-refractivity contribution in [2.75, 3.05) is 6.54 Å². The van der Waals surface area contributed by atoms with Crippen LogP contribution in [-0.4, -0.2) is 17.4 Å². The highest BCUT2D eigenvalue weighted by Gasteiger charge is 2.09. The molecule has 90 valence electrons. The second kappa shape index (κ2) is 6.64. The molecule has 1 aromatic rings. The van der Waals surface area contributed by atoms with E-state index in [2.05, 4.69) is 24.1 Å². The number of carbonyl (C=O) groups excluding carboxylic acids is 1. The van der Waals surface area contributed by atoms with Gasteiger partial charge in [-0.15, -0.1) is 0 Å². The van der Waals surface area contributed by atoms with Crippen LogP contribution in [0.3, 0.4) is 0 Å². The number of nitrogens with one attached hydrogen (secondary N) is 1. The van der Waals surface area contributed by atoms with Gasteiger partial charge in [-0.2, -0.15) is 5.26 Å². The molecule has 0 bridgehead atoms. The lowest BCUT2D eigenvalue weighted by Gasteiger charge is -2.12. The predicted molar refractivity (Wildman–Crippen MR) is 65.4 cm³/mol. The Morgan fingerprint density at radius 3 is 2.65 bits per heavy atom. The first-order valence-electron chi connectivity index (χ1n) is 5.85. The summed E-state index contributed by atoms with van der Waals surface area (Å²) in [5, 5.41) is 11.5. The fourth-order valence-corrected chi connectivity index (χ4v) is 1.50. The number of aromatic nitrogens is 1. The molecule has 1 amide bonds. The minimum atomic E-state index is -0.179. The molecule has 1 rings (SSSR count). The van der Waals surface area contributed by atoms with Crippen molar-refractivity contribution < 1.29 is 4.79 Å². The minimum Gasteiger partial charge on any atom is -0.350 e. The standard InChI is InChI=1S/C13H17N3O/c1-3-10(4-2)8-16-13(17)12-6-5-11(7-14)9-15-12/h5-6,9-10H,3-4,8H2,1-2H3,(H,16,17). The molecule has 0 atom stereocenters. The minimum absolute atomic E-state index is 0.179. The molecule has 4 heteroatoms. The SMILES string of the molecule is CCC(CC)CNC(=O)c1ccc(C#N)cn1. The Bertz CT molecular complexity index is 402. The highest BCUT2D eigenvalue weighted by atomic mass is 16.1. The van der Waals surface area contributed by atoms with E-state index in [0.29, 0.717) is 23.7 Å². The Labute approximate surface area is 102 Å². The van der Waals surface area contributed by atoms with Crippen molar-refractivity contribution in [1.29, 1.82) is 5.26 Å². The molecule has 0 saturated heterocycles. The lowest BCUT2D eigenvalue weighted by molar-refractivity contribution is 0.0941. The summed E-state index contributed by atoms with van der Waals surface area (Å²) < 4.78 is 0. The molecule has 17 heavy (non-hydrogen) atoms. The first-order valence-corrected chi connectivity index (χ1v) is 5.85. The number of carbonyl (C=O) groups is 1. The first-order chi connectivity index (χ1) is 8.21. The zero-order chi connectivity index (χ0) is 12.7. The molecule has 1 heterocycles. The lowest BCUT2D eigenvalue weighted by Crippen LogP contribution is -2.29. The number of nitriles is 1. The van der Waals surface area contributed by atoms with Crippen LogP contribution in [0, 0.1) is 17.2 Å². The predicted octanol–water partition coefficient (Wildman–Crippen LogP) is 2.12. The number of hydrogen-bond donors (Lipinski definition) is 1. The summed E-state index contributed by atoms with van der Waals surface area (Å²) in [5.74, 6) is 0.332. The van der Waals surface area contributed by atoms with Gasteiger partial charge in [0.2, 0.25) is 0 Å². The van der Waals surface area contributed by atoms with Crippen molar-refractivity contribution in [3.63, 3.8) is 0 Å². The Morgan fingerprint density at radius 1 is 1.47 bits per heavy atom. The molecule has 0 aliphatic heterocycles. The van der Waals surface area contributed by atoms with E-state index < -0.39 is 0 Å². The monoisotopic (exact) mass is 231 g/mol. The molecule has 1 N–H and O–H groups in total. The van der Waals surface area contributed by atoms with E-state index in [9.17, 15) is 4.79 Å². The van der Waals surface area contributed by atoms with Crippen molar-refractivity contribution in [2.45, 2.75) is 26.7 Å². The van der Waals surface area contributed by atoms with Crippen molar-refractivity contribution in [1.82, 2.24) is 10.3 Å². The zero-order valence-electron chi connectivity index (χ0n) is 10.2. The van der Waals surface area contributed by atoms with Crippen LogP contribution in [0.15, 0.2) is 18.3 Å². The van der Waals surface area contributed by atoms with Crippen LogP contribution in [0.1, 0.15) is 42.7 Å². The summed E-state index contributed by atoms with van der Waals surface area (Å²) >= 11 is 0. The lowest BCUT2D eigenvalue weighted by atomic mass is 10.0. The molecule has 0 aliphatic rings. The van der Waals surface area contributed by atoms with Crippen molar-refractivity contribution >= 4 is 5.91 Å².